The third-order valence-corrected chi connectivity index (χ3v) is 5.69. The van der Waals surface area contributed by atoms with Crippen LogP contribution in [-0.2, 0) is 4.79 Å². The van der Waals surface area contributed by atoms with E-state index in [4.69, 9.17) is 11.6 Å². The van der Waals surface area contributed by atoms with E-state index in [1.165, 1.54) is 0 Å². The maximum Gasteiger partial charge on any atom is 0.264 e. The van der Waals surface area contributed by atoms with Crippen molar-refractivity contribution in [3.8, 4) is 5.88 Å². The number of aromatic nitrogens is 1. The summed E-state index contributed by atoms with van der Waals surface area (Å²) in [5, 5.41) is 22.6. The van der Waals surface area contributed by atoms with Crippen LogP contribution in [0.2, 0.25) is 5.02 Å². The molecule has 3 rings (SSSR count). The molecular formula is C25H29ClN4O3. The number of hydrogen-bond donors (Lipinski definition) is 2. The topological polar surface area (TPSA) is 96.1 Å². The molecule has 2 N–H and O–H groups in total. The number of carbonyl (C=O) groups excluding carboxylic acids is 2. The van der Waals surface area contributed by atoms with Crippen LogP contribution < -0.4 is 5.32 Å². The highest BCUT2D eigenvalue weighted by Crippen LogP contribution is 2.41. The summed E-state index contributed by atoms with van der Waals surface area (Å²) in [6, 6.07) is 12.8. The van der Waals surface area contributed by atoms with Crippen LogP contribution in [0.15, 0.2) is 52.7 Å². The molecule has 0 aliphatic heterocycles. The van der Waals surface area contributed by atoms with Crippen molar-refractivity contribution in [2.75, 3.05) is 6.54 Å². The highest BCUT2D eigenvalue weighted by atomic mass is 35.5. The summed E-state index contributed by atoms with van der Waals surface area (Å²) in [5.74, 6) is -0.537. The van der Waals surface area contributed by atoms with Crippen LogP contribution in [0.5, 0.6) is 5.88 Å². The summed E-state index contributed by atoms with van der Waals surface area (Å²) in [4.78, 5) is 24.3. The van der Waals surface area contributed by atoms with Gasteiger partial charge in [0.1, 0.15) is 0 Å². The number of unbranched alkanes of at least 4 members (excludes halogenated alkanes) is 2. The Morgan fingerprint density at radius 3 is 2.61 bits per heavy atom. The number of nitrogens with one attached hydrogen (secondary N) is 1. The largest absolute Gasteiger partial charge is 0.493 e. The summed E-state index contributed by atoms with van der Waals surface area (Å²) < 4.78 is 1.78. The second kappa shape index (κ2) is 11.1. The van der Waals surface area contributed by atoms with E-state index < -0.39 is 0 Å². The van der Waals surface area contributed by atoms with Crippen LogP contribution in [-0.4, -0.2) is 28.0 Å². The molecular weight excluding hydrogens is 440 g/mol. The SMILES string of the molecule is Cc1ccc2c(c1)c(N=NC(=O)CCCCCNC(=O)c1ccccc1Cl)c(O)n2C(C)C. The molecule has 0 unspecified atom stereocenters. The van der Waals surface area contributed by atoms with E-state index >= 15 is 0 Å². The van der Waals surface area contributed by atoms with Crippen LogP contribution in [0, 0.1) is 6.92 Å². The Balaban J connectivity index is 1.49. The minimum absolute atomic E-state index is 0.0106. The van der Waals surface area contributed by atoms with Gasteiger partial charge in [0.15, 0.2) is 5.69 Å². The molecule has 0 bridgehead atoms. The van der Waals surface area contributed by atoms with E-state index in [0.29, 0.717) is 29.2 Å². The van der Waals surface area contributed by atoms with Crippen molar-refractivity contribution >= 4 is 40.0 Å². The third kappa shape index (κ3) is 5.99. The summed E-state index contributed by atoms with van der Waals surface area (Å²) in [6.45, 7) is 6.41. The fourth-order valence-corrected chi connectivity index (χ4v) is 3.92. The average Bonchev–Trinajstić information content (AvgIpc) is 3.05. The first-order chi connectivity index (χ1) is 15.8. The van der Waals surface area contributed by atoms with Crippen LogP contribution in [0.4, 0.5) is 5.69 Å². The minimum Gasteiger partial charge on any atom is -0.493 e. The lowest BCUT2D eigenvalue weighted by molar-refractivity contribution is -0.118. The first-order valence-corrected chi connectivity index (χ1v) is 11.5. The van der Waals surface area contributed by atoms with Gasteiger partial charge >= 0.3 is 0 Å². The minimum atomic E-state index is -0.340. The Kier molecular flexibility index (Phi) is 8.22. The van der Waals surface area contributed by atoms with Crippen molar-refractivity contribution in [2.45, 2.75) is 52.5 Å². The maximum absolute atomic E-state index is 12.2. The molecule has 2 amide bonds. The summed E-state index contributed by atoms with van der Waals surface area (Å²) in [6.07, 6.45) is 2.40. The van der Waals surface area contributed by atoms with Gasteiger partial charge in [0.25, 0.3) is 11.8 Å². The summed E-state index contributed by atoms with van der Waals surface area (Å²) in [5.41, 5.74) is 2.66. The lowest BCUT2D eigenvalue weighted by atomic mass is 10.1. The number of fused-ring (bicyclic) bond motifs is 1. The Morgan fingerprint density at radius 1 is 1.12 bits per heavy atom. The van der Waals surface area contributed by atoms with Gasteiger partial charge < -0.3 is 15.0 Å². The molecule has 0 saturated heterocycles. The molecule has 0 aliphatic rings. The predicted octanol–water partition coefficient (Wildman–Crippen LogP) is 6.49. The molecule has 0 fully saturated rings. The van der Waals surface area contributed by atoms with Crippen molar-refractivity contribution < 1.29 is 14.7 Å². The first-order valence-electron chi connectivity index (χ1n) is 11.1. The number of halogens is 1. The molecule has 0 radical (unpaired) electrons. The highest BCUT2D eigenvalue weighted by molar-refractivity contribution is 6.33. The number of rotatable bonds is 9. The number of hydrogen-bond acceptors (Lipinski definition) is 4. The van der Waals surface area contributed by atoms with E-state index in [1.807, 2.05) is 39.0 Å². The second-order valence-electron chi connectivity index (χ2n) is 8.30. The third-order valence-electron chi connectivity index (χ3n) is 5.36. The van der Waals surface area contributed by atoms with Gasteiger partial charge in [0.2, 0.25) is 5.88 Å². The molecule has 174 valence electrons. The van der Waals surface area contributed by atoms with Gasteiger partial charge in [-0.15, -0.1) is 10.2 Å². The van der Waals surface area contributed by atoms with Crippen molar-refractivity contribution in [1.82, 2.24) is 9.88 Å². The first kappa shape index (κ1) is 24.5. The van der Waals surface area contributed by atoms with Gasteiger partial charge in [-0.05, 0) is 57.9 Å². The molecule has 8 heteroatoms. The average molecular weight is 469 g/mol. The smallest absolute Gasteiger partial charge is 0.264 e. The van der Waals surface area contributed by atoms with Crippen molar-refractivity contribution in [3.05, 3.63) is 58.6 Å². The summed E-state index contributed by atoms with van der Waals surface area (Å²) in [7, 11) is 0. The van der Waals surface area contributed by atoms with Crippen LogP contribution in [0.3, 0.4) is 0 Å². The fraction of sp³-hybridized carbons (Fsp3) is 0.360. The van der Waals surface area contributed by atoms with E-state index in [1.54, 1.807) is 28.8 Å². The molecule has 1 heterocycles. The van der Waals surface area contributed by atoms with E-state index in [2.05, 4.69) is 15.5 Å². The quantitative estimate of drug-likeness (QED) is 0.277. The lowest BCUT2D eigenvalue weighted by Gasteiger charge is -2.10. The second-order valence-corrected chi connectivity index (χ2v) is 8.70. The number of aryl methyl sites for hydroxylation is 1. The van der Waals surface area contributed by atoms with E-state index in [9.17, 15) is 14.7 Å². The zero-order valence-corrected chi connectivity index (χ0v) is 19.9. The Labute approximate surface area is 198 Å². The normalized spacial score (nSPS) is 11.5. The number of nitrogens with zero attached hydrogens (tertiary/aromatic N) is 3. The molecule has 3 aromatic rings. The molecule has 0 saturated carbocycles. The molecule has 0 spiro atoms. The molecule has 1 aromatic heterocycles. The summed E-state index contributed by atoms with van der Waals surface area (Å²) >= 11 is 6.02. The molecule has 33 heavy (non-hydrogen) atoms. The number of azo groups is 1. The zero-order chi connectivity index (χ0) is 24.0. The van der Waals surface area contributed by atoms with E-state index in [-0.39, 0.29) is 30.2 Å². The molecule has 0 aliphatic carbocycles. The maximum atomic E-state index is 12.2. The van der Waals surface area contributed by atoms with Crippen LogP contribution in [0.25, 0.3) is 10.9 Å². The van der Waals surface area contributed by atoms with Crippen molar-refractivity contribution in [1.29, 1.82) is 0 Å². The van der Waals surface area contributed by atoms with Crippen molar-refractivity contribution in [3.63, 3.8) is 0 Å². The van der Waals surface area contributed by atoms with E-state index in [0.717, 1.165) is 29.3 Å². The fourth-order valence-electron chi connectivity index (χ4n) is 3.70. The Hall–Kier alpha value is -3.19. The predicted molar refractivity (Wildman–Crippen MR) is 131 cm³/mol. The lowest BCUT2D eigenvalue weighted by Crippen LogP contribution is -2.24. The number of benzene rings is 2. The van der Waals surface area contributed by atoms with Gasteiger partial charge in [0.05, 0.1) is 16.1 Å². The van der Waals surface area contributed by atoms with Crippen LogP contribution in [0.1, 0.15) is 61.5 Å². The number of aromatic hydroxyl groups is 1. The van der Waals surface area contributed by atoms with Gasteiger partial charge in [-0.1, -0.05) is 41.8 Å². The highest BCUT2D eigenvalue weighted by Gasteiger charge is 2.19. The van der Waals surface area contributed by atoms with Gasteiger partial charge in [-0.2, -0.15) is 0 Å². The molecule has 2 aromatic carbocycles. The van der Waals surface area contributed by atoms with Crippen LogP contribution >= 0.6 is 11.6 Å². The monoisotopic (exact) mass is 468 g/mol. The Morgan fingerprint density at radius 2 is 1.88 bits per heavy atom. The zero-order valence-electron chi connectivity index (χ0n) is 19.1. The van der Waals surface area contributed by atoms with Gasteiger partial charge in [-0.3, -0.25) is 9.59 Å². The van der Waals surface area contributed by atoms with Gasteiger partial charge in [-0.25, -0.2) is 0 Å². The molecule has 0 atom stereocenters. The number of carbonyl (C=O) groups is 2. The molecule has 7 nitrogen and oxygen atoms in total. The standard InChI is InChI=1S/C25H29ClN4O3/c1-16(2)30-21-13-12-17(3)15-19(21)23(25(30)33)29-28-22(31)11-5-4-8-14-27-24(32)18-9-6-7-10-20(18)26/h6-7,9-10,12-13,15-16,33H,4-5,8,11,14H2,1-3H3,(H,27,32). The van der Waals surface area contributed by atoms with Gasteiger partial charge in [0, 0.05) is 24.4 Å². The van der Waals surface area contributed by atoms with Crippen molar-refractivity contribution in [2.24, 2.45) is 10.2 Å². The number of amides is 2. The Bertz CT molecular complexity index is 1180.